The SMILES string of the molecule is C=C/C(=C\C=C\N(c1ccccc1)c1ccccc1-c1ccc(-c2ccccc2N(c2ccc(-c3ccccc3)cc2)c2cccc3ccccc23)cc1)c1ccccc1. The summed E-state index contributed by atoms with van der Waals surface area (Å²) in [6.45, 7) is 4.09. The smallest absolute Gasteiger partial charge is 0.0540 e. The van der Waals surface area contributed by atoms with Crippen LogP contribution in [0.5, 0.6) is 0 Å². The molecule has 2 heteroatoms. The van der Waals surface area contributed by atoms with E-state index in [9.17, 15) is 0 Å². The first-order valence-corrected chi connectivity index (χ1v) is 20.4. The molecule has 0 saturated heterocycles. The molecule has 9 aromatic carbocycles. The average Bonchev–Trinajstić information content (AvgIpc) is 3.33. The first-order valence-electron chi connectivity index (χ1n) is 20.4. The number of fused-ring (bicyclic) bond motifs is 1. The van der Waals surface area contributed by atoms with Gasteiger partial charge in [0.1, 0.15) is 0 Å². The van der Waals surface area contributed by atoms with E-state index in [1.165, 1.54) is 21.9 Å². The Morgan fingerprint density at radius 3 is 1.57 bits per heavy atom. The summed E-state index contributed by atoms with van der Waals surface area (Å²) in [5, 5.41) is 2.40. The lowest BCUT2D eigenvalue weighted by molar-refractivity contribution is 1.28. The third-order valence-electron chi connectivity index (χ3n) is 10.9. The summed E-state index contributed by atoms with van der Waals surface area (Å²) in [4.78, 5) is 4.66. The summed E-state index contributed by atoms with van der Waals surface area (Å²) in [7, 11) is 0. The van der Waals surface area contributed by atoms with Crippen molar-refractivity contribution in [1.29, 1.82) is 0 Å². The minimum Gasteiger partial charge on any atom is -0.317 e. The normalized spacial score (nSPS) is 11.4. The van der Waals surface area contributed by atoms with Crippen LogP contribution in [-0.4, -0.2) is 0 Å². The summed E-state index contributed by atoms with van der Waals surface area (Å²) in [5.41, 5.74) is 14.6. The Bertz CT molecular complexity index is 2910. The molecule has 0 bridgehead atoms. The molecule has 0 fully saturated rings. The van der Waals surface area contributed by atoms with Gasteiger partial charge in [-0.3, -0.25) is 0 Å². The van der Waals surface area contributed by atoms with Gasteiger partial charge in [0.05, 0.1) is 17.1 Å². The fourth-order valence-corrected chi connectivity index (χ4v) is 7.95. The van der Waals surface area contributed by atoms with Crippen LogP contribution in [0.1, 0.15) is 5.56 Å². The lowest BCUT2D eigenvalue weighted by Gasteiger charge is -2.29. The highest BCUT2D eigenvalue weighted by Gasteiger charge is 2.20. The van der Waals surface area contributed by atoms with Crippen molar-refractivity contribution >= 4 is 44.8 Å². The number of benzene rings is 9. The second-order valence-electron chi connectivity index (χ2n) is 14.6. The van der Waals surface area contributed by atoms with E-state index in [4.69, 9.17) is 0 Å². The molecule has 9 rings (SSSR count). The molecule has 0 amide bonds. The zero-order chi connectivity index (χ0) is 40.5. The van der Waals surface area contributed by atoms with Crippen molar-refractivity contribution in [2.45, 2.75) is 0 Å². The molecular formula is C58H44N2. The van der Waals surface area contributed by atoms with E-state index in [-0.39, 0.29) is 0 Å². The molecule has 0 unspecified atom stereocenters. The first-order chi connectivity index (χ1) is 29.7. The Kier molecular flexibility index (Phi) is 11.1. The molecule has 0 aliphatic rings. The van der Waals surface area contributed by atoms with Crippen molar-refractivity contribution in [3.8, 4) is 33.4 Å². The molecule has 0 saturated carbocycles. The van der Waals surface area contributed by atoms with Crippen molar-refractivity contribution in [3.63, 3.8) is 0 Å². The quantitative estimate of drug-likeness (QED) is 0.114. The molecule has 0 atom stereocenters. The maximum Gasteiger partial charge on any atom is 0.0540 e. The molecule has 2 nitrogen and oxygen atoms in total. The van der Waals surface area contributed by atoms with Crippen LogP contribution < -0.4 is 9.80 Å². The maximum absolute atomic E-state index is 4.09. The zero-order valence-corrected chi connectivity index (χ0v) is 33.4. The number of allylic oxidation sites excluding steroid dienone is 4. The first kappa shape index (κ1) is 37.6. The van der Waals surface area contributed by atoms with Gasteiger partial charge in [-0.25, -0.2) is 0 Å². The van der Waals surface area contributed by atoms with Crippen molar-refractivity contribution in [2.75, 3.05) is 9.80 Å². The Hall–Kier alpha value is -7.94. The summed E-state index contributed by atoms with van der Waals surface area (Å²) < 4.78 is 0. The van der Waals surface area contributed by atoms with Gasteiger partial charge in [-0.2, -0.15) is 0 Å². The molecular weight excluding hydrogens is 725 g/mol. The van der Waals surface area contributed by atoms with Gasteiger partial charge in [-0.05, 0) is 87.3 Å². The number of nitrogens with zero attached hydrogens (tertiary/aromatic N) is 2. The van der Waals surface area contributed by atoms with Crippen molar-refractivity contribution < 1.29 is 0 Å². The van der Waals surface area contributed by atoms with Crippen LogP contribution in [0.2, 0.25) is 0 Å². The van der Waals surface area contributed by atoms with Gasteiger partial charge in [0.15, 0.2) is 0 Å². The van der Waals surface area contributed by atoms with Crippen LogP contribution in [0.25, 0.3) is 49.7 Å². The minimum absolute atomic E-state index is 1.06. The second kappa shape index (κ2) is 17.7. The van der Waals surface area contributed by atoms with Crippen molar-refractivity contribution in [2.24, 2.45) is 0 Å². The summed E-state index contributed by atoms with van der Waals surface area (Å²) >= 11 is 0. The average molecular weight is 769 g/mol. The molecule has 0 aromatic heterocycles. The van der Waals surface area contributed by atoms with Gasteiger partial charge < -0.3 is 9.80 Å². The van der Waals surface area contributed by atoms with Crippen LogP contribution in [0, 0.1) is 0 Å². The lowest BCUT2D eigenvalue weighted by Crippen LogP contribution is -2.11. The topological polar surface area (TPSA) is 6.48 Å². The van der Waals surface area contributed by atoms with Crippen molar-refractivity contribution in [1.82, 2.24) is 0 Å². The second-order valence-corrected chi connectivity index (χ2v) is 14.6. The fourth-order valence-electron chi connectivity index (χ4n) is 7.95. The van der Waals surface area contributed by atoms with Gasteiger partial charge in [-0.1, -0.05) is 207 Å². The van der Waals surface area contributed by atoms with E-state index in [0.29, 0.717) is 0 Å². The van der Waals surface area contributed by atoms with Crippen LogP contribution >= 0.6 is 0 Å². The molecule has 60 heavy (non-hydrogen) atoms. The van der Waals surface area contributed by atoms with E-state index in [1.54, 1.807) is 0 Å². The number of hydrogen-bond donors (Lipinski definition) is 0. The molecule has 286 valence electrons. The van der Waals surface area contributed by atoms with Crippen LogP contribution in [-0.2, 0) is 0 Å². The van der Waals surface area contributed by atoms with E-state index in [1.807, 2.05) is 12.1 Å². The number of hydrogen-bond acceptors (Lipinski definition) is 2. The van der Waals surface area contributed by atoms with Crippen LogP contribution in [0.15, 0.2) is 262 Å². The molecule has 0 radical (unpaired) electrons. The third kappa shape index (κ3) is 7.96. The monoisotopic (exact) mass is 768 g/mol. The lowest BCUT2D eigenvalue weighted by atomic mass is 9.96. The number of rotatable bonds is 12. The number of para-hydroxylation sites is 3. The summed E-state index contributed by atoms with van der Waals surface area (Å²) in [6.07, 6.45) is 8.26. The molecule has 0 N–H and O–H groups in total. The molecule has 0 spiro atoms. The van der Waals surface area contributed by atoms with Gasteiger partial charge in [0, 0.05) is 34.1 Å². The zero-order valence-electron chi connectivity index (χ0n) is 33.4. The number of anilines is 5. The highest BCUT2D eigenvalue weighted by molar-refractivity contribution is 6.01. The fraction of sp³-hybridized carbons (Fsp3) is 0. The van der Waals surface area contributed by atoms with Gasteiger partial charge in [-0.15, -0.1) is 0 Å². The van der Waals surface area contributed by atoms with Crippen LogP contribution in [0.3, 0.4) is 0 Å². The standard InChI is InChI=1S/C58H44N2/c1-2-44(45-20-6-3-7-21-45)26-19-43-59(51-27-10-5-11-28-51)56-32-16-14-29-53(56)49-35-37-50(38-36-49)55-31-15-17-33-57(55)60(58-34-18-25-48-24-12-13-30-54(48)58)52-41-39-47(40-42-52)46-22-8-4-9-23-46/h2-43H,1H2/b43-19+,44-26+. The minimum atomic E-state index is 1.06. The van der Waals surface area contributed by atoms with E-state index < -0.39 is 0 Å². The summed E-state index contributed by atoms with van der Waals surface area (Å²) in [5.74, 6) is 0. The summed E-state index contributed by atoms with van der Waals surface area (Å²) in [6, 6.07) is 82.0. The van der Waals surface area contributed by atoms with E-state index in [2.05, 4.69) is 259 Å². The predicted octanol–water partition coefficient (Wildman–Crippen LogP) is 16.2. The highest BCUT2D eigenvalue weighted by Crippen LogP contribution is 2.44. The molecule has 9 aromatic rings. The van der Waals surface area contributed by atoms with E-state index in [0.717, 1.165) is 61.8 Å². The molecule has 0 heterocycles. The van der Waals surface area contributed by atoms with Crippen LogP contribution in [0.4, 0.5) is 28.4 Å². The predicted molar refractivity (Wildman–Crippen MR) is 257 cm³/mol. The van der Waals surface area contributed by atoms with Gasteiger partial charge in [0.2, 0.25) is 0 Å². The van der Waals surface area contributed by atoms with Gasteiger partial charge in [0.25, 0.3) is 0 Å². The van der Waals surface area contributed by atoms with Gasteiger partial charge >= 0.3 is 0 Å². The Labute approximate surface area is 353 Å². The molecule has 0 aliphatic carbocycles. The van der Waals surface area contributed by atoms with Crippen molar-refractivity contribution in [3.05, 3.63) is 267 Å². The maximum atomic E-state index is 4.09. The Morgan fingerprint density at radius 2 is 0.883 bits per heavy atom. The highest BCUT2D eigenvalue weighted by atomic mass is 15.1. The Balaban J connectivity index is 1.10. The third-order valence-corrected chi connectivity index (χ3v) is 10.9. The van der Waals surface area contributed by atoms with E-state index >= 15 is 0 Å². The molecule has 0 aliphatic heterocycles. The Morgan fingerprint density at radius 1 is 0.383 bits per heavy atom. The largest absolute Gasteiger partial charge is 0.317 e.